The first-order chi connectivity index (χ1) is 11.8. The van der Waals surface area contributed by atoms with Gasteiger partial charge in [-0.25, -0.2) is 0 Å². The Kier molecular flexibility index (Phi) is 4.19. The quantitative estimate of drug-likeness (QED) is 0.640. The minimum Gasteiger partial charge on any atom is -0.353 e. The van der Waals surface area contributed by atoms with Crippen molar-refractivity contribution in [2.24, 2.45) is 11.3 Å². The van der Waals surface area contributed by atoms with Gasteiger partial charge in [0.05, 0.1) is 5.56 Å². The summed E-state index contributed by atoms with van der Waals surface area (Å²) < 4.78 is 1.02. The Morgan fingerprint density at radius 3 is 2.76 bits per heavy atom. The van der Waals surface area contributed by atoms with Crippen molar-refractivity contribution in [1.82, 2.24) is 5.32 Å². The van der Waals surface area contributed by atoms with E-state index < -0.39 is 0 Å². The minimum absolute atomic E-state index is 0.0606. The molecule has 0 spiro atoms. The van der Waals surface area contributed by atoms with E-state index in [0.29, 0.717) is 11.3 Å². The first-order valence-corrected chi connectivity index (χ1v) is 10.4. The third kappa shape index (κ3) is 3.13. The van der Waals surface area contributed by atoms with Crippen molar-refractivity contribution in [1.29, 1.82) is 0 Å². The van der Waals surface area contributed by atoms with Gasteiger partial charge in [0.2, 0.25) is 0 Å². The average molecular weight is 419 g/mol. The molecule has 2 aliphatic rings. The zero-order valence-electron chi connectivity index (χ0n) is 14.8. The number of carbonyl (C=O) groups is 1. The standard InChI is InChI=1S/C20H23BrN2OS/c1-20(2,3)12-7-8-14-15(10-12)25-19-16(14)18(24)22-17(23-19)11-5-4-6-13(21)9-11/h4-6,9,12,17,23H,7-8,10H2,1-3H3,(H,22,24)/t12-,17-/m0/s1. The third-order valence-electron chi connectivity index (χ3n) is 5.45. The van der Waals surface area contributed by atoms with Crippen molar-refractivity contribution < 1.29 is 4.79 Å². The van der Waals surface area contributed by atoms with Crippen molar-refractivity contribution in [3.63, 3.8) is 0 Å². The molecule has 0 saturated carbocycles. The molecule has 4 rings (SSSR count). The highest BCUT2D eigenvalue weighted by molar-refractivity contribution is 9.10. The molecule has 0 bridgehead atoms. The fraction of sp³-hybridized carbons (Fsp3) is 0.450. The van der Waals surface area contributed by atoms with Crippen molar-refractivity contribution >= 4 is 38.2 Å². The zero-order valence-corrected chi connectivity index (χ0v) is 17.2. The molecule has 132 valence electrons. The van der Waals surface area contributed by atoms with E-state index in [1.807, 2.05) is 24.3 Å². The molecule has 2 N–H and O–H groups in total. The number of fused-ring (bicyclic) bond motifs is 3. The third-order valence-corrected chi connectivity index (χ3v) is 7.13. The summed E-state index contributed by atoms with van der Waals surface area (Å²) in [7, 11) is 0. The summed E-state index contributed by atoms with van der Waals surface area (Å²) in [6, 6.07) is 8.08. The highest BCUT2D eigenvalue weighted by Crippen LogP contribution is 2.46. The summed E-state index contributed by atoms with van der Waals surface area (Å²) in [4.78, 5) is 14.2. The van der Waals surface area contributed by atoms with Gasteiger partial charge in [0.25, 0.3) is 5.91 Å². The van der Waals surface area contributed by atoms with Crippen LogP contribution in [0.2, 0.25) is 0 Å². The van der Waals surface area contributed by atoms with Crippen LogP contribution in [0.4, 0.5) is 5.00 Å². The van der Waals surface area contributed by atoms with Crippen LogP contribution in [-0.2, 0) is 12.8 Å². The predicted octanol–water partition coefficient (Wildman–Crippen LogP) is 5.52. The Hall–Kier alpha value is -1.33. The van der Waals surface area contributed by atoms with Crippen LogP contribution in [0.3, 0.4) is 0 Å². The smallest absolute Gasteiger partial charge is 0.256 e. The van der Waals surface area contributed by atoms with E-state index in [4.69, 9.17) is 0 Å². The molecule has 1 aliphatic carbocycles. The number of thiophene rings is 1. The number of benzene rings is 1. The Morgan fingerprint density at radius 1 is 1.24 bits per heavy atom. The average Bonchev–Trinajstić information content (AvgIpc) is 2.92. The molecule has 0 radical (unpaired) electrons. The Bertz CT molecular complexity index is 837. The monoisotopic (exact) mass is 418 g/mol. The van der Waals surface area contributed by atoms with Crippen LogP contribution in [0.5, 0.6) is 0 Å². The largest absolute Gasteiger partial charge is 0.353 e. The SMILES string of the molecule is CC(C)(C)[C@H]1CCc2c(sc3c2C(=O)N[C@H](c2cccc(Br)c2)N3)C1. The lowest BCUT2D eigenvalue weighted by atomic mass is 9.72. The van der Waals surface area contributed by atoms with E-state index in [0.717, 1.165) is 33.4 Å². The van der Waals surface area contributed by atoms with Crippen LogP contribution in [0.1, 0.15) is 59.7 Å². The number of amides is 1. The molecule has 1 aromatic heterocycles. The molecule has 3 nitrogen and oxygen atoms in total. The molecule has 1 aromatic carbocycles. The maximum atomic E-state index is 12.8. The molecule has 25 heavy (non-hydrogen) atoms. The Labute approximate surface area is 161 Å². The molecule has 2 aromatic rings. The number of hydrogen-bond acceptors (Lipinski definition) is 3. The number of rotatable bonds is 1. The van der Waals surface area contributed by atoms with E-state index in [-0.39, 0.29) is 12.1 Å². The topological polar surface area (TPSA) is 41.1 Å². The van der Waals surface area contributed by atoms with Crippen LogP contribution in [-0.4, -0.2) is 5.91 Å². The molecular weight excluding hydrogens is 396 g/mol. The molecule has 2 heterocycles. The van der Waals surface area contributed by atoms with Crippen molar-refractivity contribution in [2.75, 3.05) is 5.32 Å². The van der Waals surface area contributed by atoms with E-state index in [9.17, 15) is 4.79 Å². The number of halogens is 1. The predicted molar refractivity (Wildman–Crippen MR) is 107 cm³/mol. The zero-order chi connectivity index (χ0) is 17.8. The highest BCUT2D eigenvalue weighted by Gasteiger charge is 2.36. The maximum absolute atomic E-state index is 12.8. The van der Waals surface area contributed by atoms with Gasteiger partial charge in [-0.05, 0) is 53.9 Å². The lowest BCUT2D eigenvalue weighted by Crippen LogP contribution is -2.38. The molecule has 1 aliphatic heterocycles. The van der Waals surface area contributed by atoms with Gasteiger partial charge in [0.1, 0.15) is 11.2 Å². The van der Waals surface area contributed by atoms with Crippen LogP contribution in [0, 0.1) is 11.3 Å². The molecule has 2 atom stereocenters. The van der Waals surface area contributed by atoms with E-state index in [1.165, 1.54) is 16.9 Å². The van der Waals surface area contributed by atoms with Gasteiger partial charge < -0.3 is 10.6 Å². The second-order valence-corrected chi connectivity index (χ2v) is 10.1. The highest BCUT2D eigenvalue weighted by atomic mass is 79.9. The maximum Gasteiger partial charge on any atom is 0.256 e. The van der Waals surface area contributed by atoms with E-state index >= 15 is 0 Å². The normalized spacial score (nSPS) is 22.6. The Balaban J connectivity index is 1.66. The number of carbonyl (C=O) groups excluding carboxylic acids is 1. The molecule has 0 unspecified atom stereocenters. The van der Waals surface area contributed by atoms with Gasteiger partial charge in [0.15, 0.2) is 0 Å². The molecule has 5 heteroatoms. The van der Waals surface area contributed by atoms with E-state index in [1.54, 1.807) is 11.3 Å². The molecular formula is C20H23BrN2OS. The van der Waals surface area contributed by atoms with Crippen molar-refractivity contribution in [3.05, 3.63) is 50.3 Å². The van der Waals surface area contributed by atoms with Gasteiger partial charge >= 0.3 is 0 Å². The lowest BCUT2D eigenvalue weighted by molar-refractivity contribution is 0.0935. The summed E-state index contributed by atoms with van der Waals surface area (Å²) in [6.45, 7) is 6.97. The minimum atomic E-state index is -0.170. The fourth-order valence-electron chi connectivity index (χ4n) is 3.89. The second kappa shape index (κ2) is 6.13. The van der Waals surface area contributed by atoms with E-state index in [2.05, 4.69) is 47.3 Å². The van der Waals surface area contributed by atoms with Crippen LogP contribution < -0.4 is 10.6 Å². The summed E-state index contributed by atoms with van der Waals surface area (Å²) in [5, 5.41) is 7.71. The summed E-state index contributed by atoms with van der Waals surface area (Å²) in [5.41, 5.74) is 3.54. The van der Waals surface area contributed by atoms with Crippen LogP contribution in [0.25, 0.3) is 0 Å². The first-order valence-electron chi connectivity index (χ1n) is 8.80. The van der Waals surface area contributed by atoms with Crippen LogP contribution in [0.15, 0.2) is 28.7 Å². The fourth-order valence-corrected chi connectivity index (χ4v) is 5.66. The van der Waals surface area contributed by atoms with Gasteiger partial charge in [0, 0.05) is 9.35 Å². The molecule has 0 saturated heterocycles. The second-order valence-electron chi connectivity index (χ2n) is 8.12. The molecule has 1 amide bonds. The number of nitrogens with one attached hydrogen (secondary N) is 2. The summed E-state index contributed by atoms with van der Waals surface area (Å²) in [6.07, 6.45) is 3.10. The number of hydrogen-bond donors (Lipinski definition) is 2. The Morgan fingerprint density at radius 2 is 2.04 bits per heavy atom. The molecule has 0 fully saturated rings. The van der Waals surface area contributed by atoms with Crippen molar-refractivity contribution in [3.8, 4) is 0 Å². The van der Waals surface area contributed by atoms with Gasteiger partial charge in [-0.15, -0.1) is 11.3 Å². The lowest BCUT2D eigenvalue weighted by Gasteiger charge is -2.34. The van der Waals surface area contributed by atoms with Crippen molar-refractivity contribution in [2.45, 2.75) is 46.2 Å². The first kappa shape index (κ1) is 17.1. The van der Waals surface area contributed by atoms with Crippen LogP contribution >= 0.6 is 27.3 Å². The summed E-state index contributed by atoms with van der Waals surface area (Å²) in [5.74, 6) is 0.745. The number of anilines is 1. The summed E-state index contributed by atoms with van der Waals surface area (Å²) >= 11 is 5.29. The van der Waals surface area contributed by atoms with Gasteiger partial charge in [-0.2, -0.15) is 0 Å². The van der Waals surface area contributed by atoms with Gasteiger partial charge in [-0.3, -0.25) is 4.79 Å². The van der Waals surface area contributed by atoms with Gasteiger partial charge in [-0.1, -0.05) is 48.8 Å².